The molecule has 2 atom stereocenters. The van der Waals surface area contributed by atoms with Gasteiger partial charge < -0.3 is 10.4 Å². The fourth-order valence-corrected chi connectivity index (χ4v) is 2.37. The zero-order valence-electron chi connectivity index (χ0n) is 11.1. The first-order chi connectivity index (χ1) is 8.76. The maximum atomic E-state index is 9.27. The van der Waals surface area contributed by atoms with Crippen molar-refractivity contribution in [1.29, 1.82) is 0 Å². The van der Waals surface area contributed by atoms with Crippen LogP contribution in [0.15, 0.2) is 42.5 Å². The molecule has 2 rings (SSSR count). The molecule has 96 valence electrons. The lowest BCUT2D eigenvalue weighted by Crippen LogP contribution is -2.33. The second-order valence-corrected chi connectivity index (χ2v) is 4.74. The summed E-state index contributed by atoms with van der Waals surface area (Å²) in [7, 11) is 0. The topological polar surface area (TPSA) is 32.3 Å². The highest BCUT2D eigenvalue weighted by molar-refractivity contribution is 5.86. The molecular formula is C16H21NO. The number of benzene rings is 2. The fourth-order valence-electron chi connectivity index (χ4n) is 2.37. The number of hydrogen-bond acceptors (Lipinski definition) is 2. The van der Waals surface area contributed by atoms with E-state index in [-0.39, 0.29) is 18.7 Å². The number of hydrogen-bond donors (Lipinski definition) is 2. The highest BCUT2D eigenvalue weighted by Crippen LogP contribution is 2.24. The number of rotatable bonds is 5. The van der Waals surface area contributed by atoms with Crippen LogP contribution in [0.25, 0.3) is 10.8 Å². The van der Waals surface area contributed by atoms with E-state index < -0.39 is 0 Å². The number of aliphatic hydroxyl groups is 1. The molecule has 0 aromatic heterocycles. The lowest BCUT2D eigenvalue weighted by atomic mass is 9.99. The molecular weight excluding hydrogens is 222 g/mol. The molecule has 0 bridgehead atoms. The lowest BCUT2D eigenvalue weighted by Gasteiger charge is -2.22. The minimum atomic E-state index is 0.166. The van der Waals surface area contributed by atoms with Gasteiger partial charge in [0.05, 0.1) is 6.61 Å². The second-order valence-electron chi connectivity index (χ2n) is 4.74. The molecule has 0 radical (unpaired) electrons. The first-order valence-corrected chi connectivity index (χ1v) is 6.60. The van der Waals surface area contributed by atoms with E-state index in [0.29, 0.717) is 0 Å². The summed E-state index contributed by atoms with van der Waals surface area (Å²) in [6, 6.07) is 15.2. The molecule has 2 aromatic rings. The average molecular weight is 243 g/mol. The largest absolute Gasteiger partial charge is 0.395 e. The zero-order chi connectivity index (χ0) is 13.0. The Hall–Kier alpha value is -1.38. The van der Waals surface area contributed by atoms with Crippen LogP contribution in [0.2, 0.25) is 0 Å². The first-order valence-electron chi connectivity index (χ1n) is 6.60. The third kappa shape index (κ3) is 2.71. The van der Waals surface area contributed by atoms with Gasteiger partial charge in [-0.15, -0.1) is 0 Å². The van der Waals surface area contributed by atoms with Gasteiger partial charge in [-0.05, 0) is 29.7 Å². The Kier molecular flexibility index (Phi) is 4.34. The van der Waals surface area contributed by atoms with Gasteiger partial charge in [0.2, 0.25) is 0 Å². The Balaban J connectivity index is 2.30. The molecule has 0 fully saturated rings. The number of fused-ring (bicyclic) bond motifs is 1. The van der Waals surface area contributed by atoms with Crippen LogP contribution >= 0.6 is 0 Å². The van der Waals surface area contributed by atoms with Gasteiger partial charge >= 0.3 is 0 Å². The van der Waals surface area contributed by atoms with Gasteiger partial charge in [0.25, 0.3) is 0 Å². The van der Waals surface area contributed by atoms with Gasteiger partial charge in [0, 0.05) is 12.1 Å². The molecule has 2 aromatic carbocycles. The molecule has 0 saturated heterocycles. The van der Waals surface area contributed by atoms with Crippen LogP contribution in [0.5, 0.6) is 0 Å². The van der Waals surface area contributed by atoms with E-state index in [1.54, 1.807) is 0 Å². The summed E-state index contributed by atoms with van der Waals surface area (Å²) in [5.41, 5.74) is 1.29. The van der Waals surface area contributed by atoms with Crippen LogP contribution < -0.4 is 5.32 Å². The summed E-state index contributed by atoms with van der Waals surface area (Å²) in [5, 5.41) is 15.3. The van der Waals surface area contributed by atoms with E-state index in [1.807, 2.05) is 0 Å². The summed E-state index contributed by atoms with van der Waals surface area (Å²) in [5.74, 6) is 0. The van der Waals surface area contributed by atoms with Crippen molar-refractivity contribution in [3.05, 3.63) is 48.0 Å². The van der Waals surface area contributed by atoms with Gasteiger partial charge in [-0.3, -0.25) is 0 Å². The number of nitrogens with one attached hydrogen (secondary N) is 1. The van der Waals surface area contributed by atoms with Gasteiger partial charge in [-0.2, -0.15) is 0 Å². The molecule has 0 spiro atoms. The van der Waals surface area contributed by atoms with E-state index in [0.717, 1.165) is 6.42 Å². The molecule has 0 saturated carbocycles. The van der Waals surface area contributed by atoms with Crippen molar-refractivity contribution in [2.45, 2.75) is 32.4 Å². The summed E-state index contributed by atoms with van der Waals surface area (Å²) in [6.07, 6.45) is 0.936. The average Bonchev–Trinajstić information content (AvgIpc) is 2.43. The van der Waals surface area contributed by atoms with Crippen molar-refractivity contribution in [3.8, 4) is 0 Å². The Morgan fingerprint density at radius 1 is 1.11 bits per heavy atom. The van der Waals surface area contributed by atoms with E-state index in [9.17, 15) is 5.11 Å². The van der Waals surface area contributed by atoms with Crippen molar-refractivity contribution in [1.82, 2.24) is 5.32 Å². The quantitative estimate of drug-likeness (QED) is 0.844. The molecule has 1 unspecified atom stereocenters. The van der Waals surface area contributed by atoms with Gasteiger partial charge in [0.15, 0.2) is 0 Å². The van der Waals surface area contributed by atoms with Crippen LogP contribution in [0.3, 0.4) is 0 Å². The smallest absolute Gasteiger partial charge is 0.0584 e. The second kappa shape index (κ2) is 5.98. The van der Waals surface area contributed by atoms with Crippen LogP contribution in [-0.2, 0) is 0 Å². The Morgan fingerprint density at radius 2 is 1.83 bits per heavy atom. The van der Waals surface area contributed by atoms with Crippen LogP contribution in [0.4, 0.5) is 0 Å². The van der Waals surface area contributed by atoms with E-state index >= 15 is 0 Å². The van der Waals surface area contributed by atoms with Gasteiger partial charge in [-0.25, -0.2) is 0 Å². The Morgan fingerprint density at radius 3 is 2.56 bits per heavy atom. The minimum Gasteiger partial charge on any atom is -0.395 e. The molecule has 2 heteroatoms. The predicted molar refractivity (Wildman–Crippen MR) is 76.7 cm³/mol. The normalized spacial score (nSPS) is 14.6. The Labute approximate surface area is 109 Å². The van der Waals surface area contributed by atoms with Crippen molar-refractivity contribution >= 4 is 10.8 Å². The molecule has 2 nitrogen and oxygen atoms in total. The maximum absolute atomic E-state index is 9.27. The van der Waals surface area contributed by atoms with Crippen LogP contribution in [-0.4, -0.2) is 17.8 Å². The van der Waals surface area contributed by atoms with Crippen molar-refractivity contribution in [3.63, 3.8) is 0 Å². The van der Waals surface area contributed by atoms with E-state index in [2.05, 4.69) is 61.6 Å². The molecule has 2 N–H and O–H groups in total. The maximum Gasteiger partial charge on any atom is 0.0584 e. The summed E-state index contributed by atoms with van der Waals surface area (Å²) < 4.78 is 0. The third-order valence-electron chi connectivity index (χ3n) is 3.49. The van der Waals surface area contributed by atoms with Crippen LogP contribution in [0, 0.1) is 0 Å². The van der Waals surface area contributed by atoms with Crippen LogP contribution in [0.1, 0.15) is 31.9 Å². The lowest BCUT2D eigenvalue weighted by molar-refractivity contribution is 0.230. The van der Waals surface area contributed by atoms with Gasteiger partial charge in [0.1, 0.15) is 0 Å². The highest BCUT2D eigenvalue weighted by Gasteiger charge is 2.12. The molecule has 0 aliphatic carbocycles. The summed E-state index contributed by atoms with van der Waals surface area (Å²) >= 11 is 0. The van der Waals surface area contributed by atoms with Gasteiger partial charge in [-0.1, -0.05) is 49.4 Å². The monoisotopic (exact) mass is 243 g/mol. The molecule has 0 heterocycles. The van der Waals surface area contributed by atoms with Crippen molar-refractivity contribution < 1.29 is 5.11 Å². The van der Waals surface area contributed by atoms with Crippen molar-refractivity contribution in [2.75, 3.05) is 6.61 Å². The first kappa shape index (κ1) is 13.1. The molecule has 18 heavy (non-hydrogen) atoms. The highest BCUT2D eigenvalue weighted by atomic mass is 16.3. The number of aliphatic hydroxyl groups excluding tert-OH is 1. The minimum absolute atomic E-state index is 0.166. The SMILES string of the molecule is CC[C@H](CO)NC(C)c1cccc2ccccc12. The van der Waals surface area contributed by atoms with Crippen molar-refractivity contribution in [2.24, 2.45) is 0 Å². The summed E-state index contributed by atoms with van der Waals surface area (Å²) in [4.78, 5) is 0. The standard InChI is InChI=1S/C16H21NO/c1-3-14(11-18)17-12(2)15-10-6-8-13-7-4-5-9-16(13)15/h4-10,12,14,17-18H,3,11H2,1-2H3/t12?,14-/m1/s1. The third-order valence-corrected chi connectivity index (χ3v) is 3.49. The molecule has 0 aliphatic heterocycles. The molecule has 0 aliphatic rings. The summed E-state index contributed by atoms with van der Waals surface area (Å²) in [6.45, 7) is 4.43. The zero-order valence-corrected chi connectivity index (χ0v) is 11.1. The van der Waals surface area contributed by atoms with E-state index in [4.69, 9.17) is 0 Å². The predicted octanol–water partition coefficient (Wildman–Crippen LogP) is 3.26. The van der Waals surface area contributed by atoms with E-state index in [1.165, 1.54) is 16.3 Å². The molecule has 0 amide bonds. The Bertz CT molecular complexity index is 500. The fraction of sp³-hybridized carbons (Fsp3) is 0.375.